The van der Waals surface area contributed by atoms with Crippen LogP contribution in [0.1, 0.15) is 49.4 Å². The summed E-state index contributed by atoms with van der Waals surface area (Å²) >= 11 is 0. The van der Waals surface area contributed by atoms with Crippen molar-refractivity contribution in [3.05, 3.63) is 77.5 Å². The Kier molecular flexibility index (Phi) is 4.41. The van der Waals surface area contributed by atoms with Crippen LogP contribution in [0.4, 0.5) is 0 Å². The Morgan fingerprint density at radius 2 is 1.62 bits per heavy atom. The molecule has 1 saturated heterocycles. The molecule has 0 aliphatic carbocycles. The van der Waals surface area contributed by atoms with Crippen molar-refractivity contribution in [1.82, 2.24) is 0 Å². The lowest BCUT2D eigenvalue weighted by Crippen LogP contribution is -3.12. The predicted octanol–water partition coefficient (Wildman–Crippen LogP) is 3.41. The number of nitrogens with one attached hydrogen (secondary N) is 1. The summed E-state index contributed by atoms with van der Waals surface area (Å²) in [5.41, 5.74) is 0.903. The first-order chi connectivity index (χ1) is 13.8. The number of quaternary nitrogens is 1. The zero-order chi connectivity index (χ0) is 20.8. The maximum Gasteiger partial charge on any atom is 0.212 e. The van der Waals surface area contributed by atoms with E-state index < -0.39 is 28.8 Å². The number of carbonyl (C=O) groups excluding carboxylic acids is 1. The molecule has 2 aliphatic rings. The highest BCUT2D eigenvalue weighted by molar-refractivity contribution is 5.89. The van der Waals surface area contributed by atoms with Gasteiger partial charge in [-0.1, -0.05) is 75.4 Å². The van der Waals surface area contributed by atoms with E-state index >= 15 is 0 Å². The van der Waals surface area contributed by atoms with Crippen LogP contribution < -0.4 is 4.90 Å². The van der Waals surface area contributed by atoms with Crippen LogP contribution in [0.5, 0.6) is 0 Å². The van der Waals surface area contributed by atoms with Gasteiger partial charge in [-0.3, -0.25) is 9.69 Å². The molecule has 1 unspecified atom stereocenters. The minimum absolute atomic E-state index is 0.0720. The summed E-state index contributed by atoms with van der Waals surface area (Å²) in [6, 6.07) is 21.3. The first-order valence-corrected chi connectivity index (χ1v) is 9.90. The highest BCUT2D eigenvalue weighted by Crippen LogP contribution is 2.52. The number of fused-ring (bicyclic) bond motifs is 3. The molecular weight excluding hydrogens is 358 g/mol. The predicted molar refractivity (Wildman–Crippen MR) is 110 cm³/mol. The van der Waals surface area contributed by atoms with Gasteiger partial charge in [0.25, 0.3) is 0 Å². The number of benzene rings is 2. The third-order valence-corrected chi connectivity index (χ3v) is 6.28. The van der Waals surface area contributed by atoms with E-state index in [0.29, 0.717) is 0 Å². The van der Waals surface area contributed by atoms with E-state index in [1.54, 1.807) is 0 Å². The van der Waals surface area contributed by atoms with Crippen molar-refractivity contribution in [3.8, 4) is 12.1 Å². The first-order valence-electron chi connectivity index (χ1n) is 9.90. The van der Waals surface area contributed by atoms with E-state index in [2.05, 4.69) is 12.1 Å². The zero-order valence-corrected chi connectivity index (χ0v) is 16.9. The molecular formula is C25H24N3O+. The van der Waals surface area contributed by atoms with Crippen LogP contribution in [0, 0.1) is 33.5 Å². The summed E-state index contributed by atoms with van der Waals surface area (Å²) in [6.45, 7) is 5.73. The molecule has 144 valence electrons. The smallest absolute Gasteiger partial charge is 0.212 e. The maximum atomic E-state index is 13.7. The SMILES string of the molecule is CC(C)(C)C(=O)[C@H]1[C@H](c2ccccc2)C(C#N)(C#N)[C@@H]2c3ccccc3C=C[NH+]21. The number of carbonyl (C=O) groups is 1. The van der Waals surface area contributed by atoms with Gasteiger partial charge in [-0.15, -0.1) is 0 Å². The second-order valence-electron chi connectivity index (χ2n) is 8.97. The van der Waals surface area contributed by atoms with Crippen LogP contribution >= 0.6 is 0 Å². The molecule has 2 aromatic rings. The monoisotopic (exact) mass is 382 g/mol. The van der Waals surface area contributed by atoms with Gasteiger partial charge in [0, 0.05) is 11.0 Å². The average Bonchev–Trinajstić information content (AvgIpc) is 3.04. The van der Waals surface area contributed by atoms with Gasteiger partial charge in [0.1, 0.15) is 0 Å². The number of nitriles is 2. The van der Waals surface area contributed by atoms with Gasteiger partial charge in [0.05, 0.1) is 24.3 Å². The third-order valence-electron chi connectivity index (χ3n) is 6.28. The molecule has 4 atom stereocenters. The fourth-order valence-electron chi connectivity index (χ4n) is 4.99. The number of ketones is 1. The number of hydrogen-bond donors (Lipinski definition) is 1. The largest absolute Gasteiger partial charge is 0.292 e. The zero-order valence-electron chi connectivity index (χ0n) is 16.9. The van der Waals surface area contributed by atoms with Crippen molar-refractivity contribution in [3.63, 3.8) is 0 Å². The third kappa shape index (κ3) is 2.72. The van der Waals surface area contributed by atoms with Crippen LogP contribution in [0.15, 0.2) is 60.8 Å². The van der Waals surface area contributed by atoms with E-state index in [1.807, 2.05) is 87.6 Å². The number of hydrogen-bond acceptors (Lipinski definition) is 3. The molecule has 0 aromatic heterocycles. The number of Topliss-reactive ketones (excluding diaryl/α,β-unsaturated/α-hetero) is 1. The van der Waals surface area contributed by atoms with E-state index in [9.17, 15) is 15.3 Å². The first kappa shape index (κ1) is 19.1. The lowest BCUT2D eigenvalue weighted by molar-refractivity contribution is -0.885. The van der Waals surface area contributed by atoms with Crippen molar-refractivity contribution >= 4 is 11.9 Å². The standard InChI is InChI=1S/C25H23N3O/c1-24(2,3)23(29)21-20(18-10-5-4-6-11-18)25(15-26,16-27)22-19-12-8-7-9-17(19)13-14-28(21)22/h4-14,20-22H,1-3H3/p+1/t20-,21+,22-/m0/s1. The lowest BCUT2D eigenvalue weighted by atomic mass is 9.66. The lowest BCUT2D eigenvalue weighted by Gasteiger charge is -2.31. The maximum absolute atomic E-state index is 13.7. The van der Waals surface area contributed by atoms with Crippen LogP contribution in [-0.4, -0.2) is 11.8 Å². The van der Waals surface area contributed by atoms with Crippen LogP contribution in [0.2, 0.25) is 0 Å². The van der Waals surface area contributed by atoms with Gasteiger partial charge in [0.2, 0.25) is 5.41 Å². The molecule has 0 saturated carbocycles. The Morgan fingerprint density at radius 3 is 2.24 bits per heavy atom. The highest BCUT2D eigenvalue weighted by Gasteiger charge is 2.68. The Balaban J connectivity index is 2.02. The Hall–Kier alpha value is -3.21. The number of nitrogens with zero attached hydrogens (tertiary/aromatic N) is 2. The summed E-state index contributed by atoms with van der Waals surface area (Å²) in [5.74, 6) is -0.441. The van der Waals surface area contributed by atoms with Crippen molar-refractivity contribution < 1.29 is 9.69 Å². The van der Waals surface area contributed by atoms with E-state index in [-0.39, 0.29) is 5.78 Å². The van der Waals surface area contributed by atoms with Crippen LogP contribution in [-0.2, 0) is 4.79 Å². The molecule has 0 spiro atoms. The molecule has 1 N–H and O–H groups in total. The summed E-state index contributed by atoms with van der Waals surface area (Å²) in [6.07, 6.45) is 3.99. The van der Waals surface area contributed by atoms with Gasteiger partial charge < -0.3 is 0 Å². The van der Waals surface area contributed by atoms with Crippen LogP contribution in [0.25, 0.3) is 6.08 Å². The van der Waals surface area contributed by atoms with Crippen molar-refractivity contribution in [2.75, 3.05) is 0 Å². The molecule has 2 aromatic carbocycles. The Bertz CT molecular complexity index is 1050. The molecule has 2 heterocycles. The topological polar surface area (TPSA) is 69.1 Å². The highest BCUT2D eigenvalue weighted by atomic mass is 16.1. The van der Waals surface area contributed by atoms with E-state index in [1.165, 1.54) is 0 Å². The molecule has 2 aliphatic heterocycles. The van der Waals surface area contributed by atoms with Crippen LogP contribution in [0.3, 0.4) is 0 Å². The quantitative estimate of drug-likeness (QED) is 0.865. The van der Waals surface area contributed by atoms with Gasteiger partial charge in [-0.05, 0) is 17.2 Å². The Labute approximate surface area is 171 Å². The average molecular weight is 382 g/mol. The van der Waals surface area contributed by atoms with E-state index in [0.717, 1.165) is 21.6 Å². The van der Waals surface area contributed by atoms with Crippen molar-refractivity contribution in [2.45, 2.75) is 38.8 Å². The molecule has 29 heavy (non-hydrogen) atoms. The molecule has 1 fully saturated rings. The van der Waals surface area contributed by atoms with Crippen molar-refractivity contribution in [2.24, 2.45) is 10.8 Å². The molecule has 4 rings (SSSR count). The summed E-state index contributed by atoms with van der Waals surface area (Å²) in [4.78, 5) is 14.6. The van der Waals surface area contributed by atoms with Gasteiger partial charge in [0.15, 0.2) is 17.9 Å². The molecule has 4 heteroatoms. The van der Waals surface area contributed by atoms with E-state index in [4.69, 9.17) is 0 Å². The molecule has 0 bridgehead atoms. The second-order valence-corrected chi connectivity index (χ2v) is 8.97. The summed E-state index contributed by atoms with van der Waals surface area (Å²) in [5, 5.41) is 20.8. The molecule has 0 radical (unpaired) electrons. The minimum Gasteiger partial charge on any atom is -0.292 e. The Morgan fingerprint density at radius 1 is 1.00 bits per heavy atom. The summed E-state index contributed by atoms with van der Waals surface area (Å²) < 4.78 is 0. The van der Waals surface area contributed by atoms with Crippen molar-refractivity contribution in [1.29, 1.82) is 10.5 Å². The fraction of sp³-hybridized carbons (Fsp3) is 0.320. The van der Waals surface area contributed by atoms with Gasteiger partial charge in [-0.25, -0.2) is 0 Å². The van der Waals surface area contributed by atoms with Gasteiger partial charge in [-0.2, -0.15) is 10.5 Å². The summed E-state index contributed by atoms with van der Waals surface area (Å²) in [7, 11) is 0. The fourth-order valence-corrected chi connectivity index (χ4v) is 4.99. The molecule has 0 amide bonds. The normalized spacial score (nSPS) is 26.7. The minimum atomic E-state index is -1.34. The van der Waals surface area contributed by atoms with Gasteiger partial charge >= 0.3 is 0 Å². The number of rotatable bonds is 2. The molecule has 4 nitrogen and oxygen atoms in total. The second kappa shape index (κ2) is 6.69.